The normalized spacial score (nSPS) is 20.9. The van der Waals surface area contributed by atoms with Crippen LogP contribution in [-0.4, -0.2) is 66.0 Å². The van der Waals surface area contributed by atoms with Gasteiger partial charge in [0, 0.05) is 30.6 Å². The van der Waals surface area contributed by atoms with E-state index in [4.69, 9.17) is 9.47 Å². The Labute approximate surface area is 196 Å². The second-order valence-corrected chi connectivity index (χ2v) is 8.60. The van der Waals surface area contributed by atoms with Gasteiger partial charge in [0.05, 0.1) is 32.0 Å². The molecule has 3 heterocycles. The van der Waals surface area contributed by atoms with Gasteiger partial charge in [-0.2, -0.15) is 15.2 Å². The Hall–Kier alpha value is -3.59. The highest BCUT2D eigenvalue weighted by molar-refractivity contribution is 5.70. The highest BCUT2D eigenvalue weighted by Gasteiger charge is 2.31. The largest absolute Gasteiger partial charge is 0.447 e. The topological polar surface area (TPSA) is 124 Å². The van der Waals surface area contributed by atoms with Crippen molar-refractivity contribution >= 4 is 11.7 Å². The van der Waals surface area contributed by atoms with E-state index >= 15 is 4.39 Å². The number of aryl methyl sites for hydroxylation is 1. The summed E-state index contributed by atoms with van der Waals surface area (Å²) in [6.45, 7) is 4.55. The number of alkyl halides is 1. The molecule has 1 fully saturated rings. The molecule has 0 bridgehead atoms. The number of carbonyl (C=O) groups is 1. The van der Waals surface area contributed by atoms with Crippen molar-refractivity contribution in [3.63, 3.8) is 0 Å². The quantitative estimate of drug-likeness (QED) is 0.631. The maximum atomic E-state index is 15.2. The monoisotopic (exact) mass is 470 g/mol. The van der Waals surface area contributed by atoms with Gasteiger partial charge in [-0.1, -0.05) is 6.08 Å². The van der Waals surface area contributed by atoms with Gasteiger partial charge in [-0.25, -0.2) is 9.18 Å². The lowest BCUT2D eigenvalue weighted by atomic mass is 10.0. The average Bonchev–Trinajstić information content (AvgIpc) is 3.44. The Morgan fingerprint density at radius 1 is 1.38 bits per heavy atom. The van der Waals surface area contributed by atoms with E-state index in [1.165, 1.54) is 10.9 Å². The number of nitriles is 1. The van der Waals surface area contributed by atoms with Gasteiger partial charge in [0.2, 0.25) is 11.7 Å². The van der Waals surface area contributed by atoms with E-state index in [1.54, 1.807) is 35.0 Å². The van der Waals surface area contributed by atoms with Gasteiger partial charge in [-0.05, 0) is 44.1 Å². The number of piperidine rings is 1. The number of ether oxygens (including phenoxy) is 2. The predicted molar refractivity (Wildman–Crippen MR) is 118 cm³/mol. The van der Waals surface area contributed by atoms with Crippen LogP contribution in [0.3, 0.4) is 0 Å². The number of likely N-dealkylation sites (tertiary alicyclic amines) is 1. The Balaban J connectivity index is 1.35. The van der Waals surface area contributed by atoms with E-state index in [1.807, 2.05) is 13.8 Å². The minimum absolute atomic E-state index is 0.0158. The highest BCUT2D eigenvalue weighted by atomic mass is 19.2. The van der Waals surface area contributed by atoms with Crippen molar-refractivity contribution in [2.75, 3.05) is 13.1 Å². The number of aromatic nitrogens is 6. The maximum absolute atomic E-state index is 15.2. The molecule has 2 aromatic rings. The zero-order valence-electron chi connectivity index (χ0n) is 19.4. The summed E-state index contributed by atoms with van der Waals surface area (Å²) < 4.78 is 27.6. The van der Waals surface area contributed by atoms with Crippen LogP contribution in [0.5, 0.6) is 0 Å². The van der Waals surface area contributed by atoms with E-state index in [2.05, 4.69) is 26.6 Å². The molecule has 1 aliphatic heterocycles. The van der Waals surface area contributed by atoms with E-state index < -0.39 is 5.85 Å². The number of tetrazole rings is 1. The Morgan fingerprint density at radius 2 is 2.15 bits per heavy atom. The van der Waals surface area contributed by atoms with Gasteiger partial charge >= 0.3 is 6.09 Å². The van der Waals surface area contributed by atoms with Gasteiger partial charge in [0.1, 0.15) is 11.8 Å². The second kappa shape index (κ2) is 9.72. The Bertz CT molecular complexity index is 1140. The average molecular weight is 471 g/mol. The standard InChI is InChI=1S/C22H27FN8O3/c1-15(2)34-21(32)30-10-6-18(7-11-30)31-19(12-24)17(13-25-31)14-33-22(23)8-4-16(5-9-22)20-26-28-29(3)27-20/h4-5,8,13,15,18H,6-7,9-11,14H2,1-3H3. The number of halogens is 1. The molecule has 1 saturated heterocycles. The lowest BCUT2D eigenvalue weighted by molar-refractivity contribution is -0.114. The molecule has 1 aliphatic carbocycles. The van der Waals surface area contributed by atoms with E-state index in [9.17, 15) is 10.1 Å². The zero-order valence-corrected chi connectivity index (χ0v) is 19.4. The number of carbonyl (C=O) groups excluding carboxylic acids is 1. The van der Waals surface area contributed by atoms with Gasteiger partial charge in [0.15, 0.2) is 0 Å². The SMILES string of the molecule is CC(C)OC(=O)N1CCC(n2ncc(COC3(F)C=CC(c4nnn(C)n4)=CC3)c2C#N)CC1. The molecule has 0 spiro atoms. The van der Waals surface area contributed by atoms with Crippen molar-refractivity contribution in [3.05, 3.63) is 41.5 Å². The molecule has 1 atom stereocenters. The molecule has 180 valence electrons. The fourth-order valence-electron chi connectivity index (χ4n) is 3.94. The van der Waals surface area contributed by atoms with Crippen LogP contribution in [-0.2, 0) is 23.1 Å². The summed E-state index contributed by atoms with van der Waals surface area (Å²) in [6.07, 6.45) is 6.85. The molecule has 4 rings (SSSR count). The first-order valence-electron chi connectivity index (χ1n) is 11.2. The van der Waals surface area contributed by atoms with E-state index in [-0.39, 0.29) is 31.3 Å². The van der Waals surface area contributed by atoms with E-state index in [0.29, 0.717) is 48.6 Å². The number of allylic oxidation sites excluding steroid dienone is 2. The smallest absolute Gasteiger partial charge is 0.410 e. The summed E-state index contributed by atoms with van der Waals surface area (Å²) in [5, 5.41) is 25.9. The Morgan fingerprint density at radius 3 is 2.74 bits per heavy atom. The number of rotatable bonds is 6. The number of hydrogen-bond acceptors (Lipinski definition) is 8. The molecule has 0 aromatic carbocycles. The minimum Gasteiger partial charge on any atom is -0.447 e. The van der Waals surface area contributed by atoms with Crippen LogP contribution in [0.1, 0.15) is 56.2 Å². The highest BCUT2D eigenvalue weighted by Crippen LogP contribution is 2.31. The van der Waals surface area contributed by atoms with Crippen LogP contribution in [0.2, 0.25) is 0 Å². The molecule has 1 unspecified atom stereocenters. The van der Waals surface area contributed by atoms with Crippen molar-refractivity contribution in [2.24, 2.45) is 7.05 Å². The lowest BCUT2D eigenvalue weighted by Gasteiger charge is -2.32. The summed E-state index contributed by atoms with van der Waals surface area (Å²) >= 11 is 0. The molecular weight excluding hydrogens is 443 g/mol. The van der Waals surface area contributed by atoms with Crippen molar-refractivity contribution < 1.29 is 18.7 Å². The van der Waals surface area contributed by atoms with Crippen molar-refractivity contribution in [2.45, 2.75) is 57.7 Å². The summed E-state index contributed by atoms with van der Waals surface area (Å²) in [6, 6.07) is 2.13. The number of nitrogens with zero attached hydrogens (tertiary/aromatic N) is 8. The molecule has 0 N–H and O–H groups in total. The molecule has 0 radical (unpaired) electrons. The van der Waals surface area contributed by atoms with Crippen molar-refractivity contribution in [3.8, 4) is 6.07 Å². The summed E-state index contributed by atoms with van der Waals surface area (Å²) in [4.78, 5) is 15.1. The van der Waals surface area contributed by atoms with Gasteiger partial charge < -0.3 is 14.4 Å². The van der Waals surface area contributed by atoms with Crippen LogP contribution < -0.4 is 0 Å². The van der Waals surface area contributed by atoms with Gasteiger partial charge in [0.25, 0.3) is 0 Å². The van der Waals surface area contributed by atoms with Gasteiger partial charge in [-0.15, -0.1) is 10.2 Å². The molecule has 0 saturated carbocycles. The molecule has 2 aromatic heterocycles. The first kappa shape index (κ1) is 23.6. The number of hydrogen-bond donors (Lipinski definition) is 0. The number of amides is 1. The maximum Gasteiger partial charge on any atom is 0.410 e. The third kappa shape index (κ3) is 5.14. The third-order valence-corrected chi connectivity index (χ3v) is 5.73. The predicted octanol–water partition coefficient (Wildman–Crippen LogP) is 2.69. The zero-order chi connectivity index (χ0) is 24.3. The molecule has 1 amide bonds. The minimum atomic E-state index is -2.01. The first-order valence-corrected chi connectivity index (χ1v) is 11.2. The fraction of sp³-hybridized carbons (Fsp3) is 0.545. The summed E-state index contributed by atoms with van der Waals surface area (Å²) in [7, 11) is 1.66. The van der Waals surface area contributed by atoms with Gasteiger partial charge in [-0.3, -0.25) is 4.68 Å². The van der Waals surface area contributed by atoms with Crippen LogP contribution in [0, 0.1) is 11.3 Å². The fourth-order valence-corrected chi connectivity index (χ4v) is 3.94. The molecule has 12 heteroatoms. The molecular formula is C22H27FN8O3. The Kier molecular flexibility index (Phi) is 6.74. The molecule has 11 nitrogen and oxygen atoms in total. The van der Waals surface area contributed by atoms with Crippen molar-refractivity contribution in [1.82, 2.24) is 34.9 Å². The van der Waals surface area contributed by atoms with Crippen molar-refractivity contribution in [1.29, 1.82) is 5.26 Å². The molecule has 2 aliphatic rings. The van der Waals surface area contributed by atoms with Crippen LogP contribution in [0.25, 0.3) is 5.57 Å². The van der Waals surface area contributed by atoms with Crippen LogP contribution >= 0.6 is 0 Å². The lowest BCUT2D eigenvalue weighted by Crippen LogP contribution is -2.40. The third-order valence-electron chi connectivity index (χ3n) is 5.73. The van der Waals surface area contributed by atoms with E-state index in [0.717, 1.165) is 0 Å². The summed E-state index contributed by atoms with van der Waals surface area (Å²) in [5.74, 6) is -1.60. The van der Waals surface area contributed by atoms with Crippen LogP contribution in [0.15, 0.2) is 24.4 Å². The molecule has 34 heavy (non-hydrogen) atoms. The van der Waals surface area contributed by atoms with Crippen LogP contribution in [0.4, 0.5) is 9.18 Å². The first-order chi connectivity index (χ1) is 16.3. The second-order valence-electron chi connectivity index (χ2n) is 8.60. The summed E-state index contributed by atoms with van der Waals surface area (Å²) in [5.41, 5.74) is 1.52.